The number of anilines is 2. The lowest BCUT2D eigenvalue weighted by Crippen LogP contribution is -2.15. The fourth-order valence-electron chi connectivity index (χ4n) is 2.79. The summed E-state index contributed by atoms with van der Waals surface area (Å²) < 4.78 is 0. The molecule has 2 heterocycles. The summed E-state index contributed by atoms with van der Waals surface area (Å²) in [5.74, 6) is 2.43. The average Bonchev–Trinajstić information content (AvgIpc) is 3.57. The van der Waals surface area contributed by atoms with Crippen LogP contribution in [0.5, 0.6) is 0 Å². The molecule has 0 amide bonds. The van der Waals surface area contributed by atoms with E-state index in [2.05, 4.69) is 25.6 Å². The summed E-state index contributed by atoms with van der Waals surface area (Å²) in [4.78, 5) is 17.5. The maximum atomic E-state index is 8.76. The Morgan fingerprint density at radius 1 is 1.00 bits per heavy atom. The minimum absolute atomic E-state index is 0.288. The molecule has 146 valence electrons. The Labute approximate surface area is 178 Å². The Balaban J connectivity index is 1.45. The van der Waals surface area contributed by atoms with E-state index in [1.54, 1.807) is 12.1 Å². The van der Waals surface area contributed by atoms with Crippen LogP contribution in [-0.4, -0.2) is 33.0 Å². The van der Waals surface area contributed by atoms with Crippen molar-refractivity contribution in [3.05, 3.63) is 58.1 Å². The van der Waals surface area contributed by atoms with Crippen molar-refractivity contribution in [2.24, 2.45) is 0 Å². The van der Waals surface area contributed by atoms with Crippen molar-refractivity contribution < 1.29 is 0 Å². The third-order valence-electron chi connectivity index (χ3n) is 4.42. The van der Waals surface area contributed by atoms with Gasteiger partial charge < -0.3 is 10.6 Å². The van der Waals surface area contributed by atoms with Crippen molar-refractivity contribution in [1.29, 1.82) is 5.26 Å². The Hall–Kier alpha value is -2.95. The summed E-state index contributed by atoms with van der Waals surface area (Å²) >= 11 is 12.4. The largest absolute Gasteiger partial charge is 0.368 e. The van der Waals surface area contributed by atoms with Crippen molar-refractivity contribution in [3.63, 3.8) is 0 Å². The first kappa shape index (κ1) is 19.4. The Kier molecular flexibility index (Phi) is 5.74. The van der Waals surface area contributed by atoms with Crippen molar-refractivity contribution in [2.45, 2.75) is 18.8 Å². The monoisotopic (exact) mass is 425 g/mol. The van der Waals surface area contributed by atoms with Crippen LogP contribution in [0, 0.1) is 11.3 Å². The summed E-state index contributed by atoms with van der Waals surface area (Å²) in [6, 6.07) is 9.25. The van der Waals surface area contributed by atoms with Crippen LogP contribution in [0.25, 0.3) is 11.4 Å². The number of hydrogen-bond donors (Lipinski definition) is 2. The highest BCUT2D eigenvalue weighted by Crippen LogP contribution is 2.40. The molecule has 0 bridgehead atoms. The van der Waals surface area contributed by atoms with E-state index in [1.807, 2.05) is 18.2 Å². The number of nitriles is 1. The highest BCUT2D eigenvalue weighted by Gasteiger charge is 2.26. The number of aromatic nitrogens is 4. The second-order valence-corrected chi connectivity index (χ2v) is 7.50. The average molecular weight is 426 g/mol. The van der Waals surface area contributed by atoms with Crippen molar-refractivity contribution in [1.82, 2.24) is 19.9 Å². The minimum Gasteiger partial charge on any atom is -0.368 e. The van der Waals surface area contributed by atoms with Crippen molar-refractivity contribution >= 4 is 34.8 Å². The molecular weight excluding hydrogens is 409 g/mol. The van der Waals surface area contributed by atoms with Gasteiger partial charge in [0.05, 0.1) is 17.4 Å². The SMILES string of the molecule is N#Cc1cnc(NCCNc2cc(C3CC3)nc(-c3ccc(Cl)cc3Cl)n2)cn1. The number of halogens is 2. The van der Waals surface area contributed by atoms with E-state index >= 15 is 0 Å². The first-order valence-electron chi connectivity index (χ1n) is 9.16. The molecule has 1 fully saturated rings. The third-order valence-corrected chi connectivity index (χ3v) is 4.97. The van der Waals surface area contributed by atoms with Gasteiger partial charge in [0.15, 0.2) is 11.5 Å². The van der Waals surface area contributed by atoms with E-state index < -0.39 is 0 Å². The summed E-state index contributed by atoms with van der Waals surface area (Å²) in [5, 5.41) is 16.3. The van der Waals surface area contributed by atoms with Gasteiger partial charge in [0.1, 0.15) is 17.7 Å². The van der Waals surface area contributed by atoms with Gasteiger partial charge in [-0.2, -0.15) is 5.26 Å². The van der Waals surface area contributed by atoms with E-state index in [1.165, 1.54) is 12.4 Å². The molecule has 1 aliphatic rings. The van der Waals surface area contributed by atoms with Gasteiger partial charge in [-0.25, -0.2) is 19.9 Å². The zero-order valence-electron chi connectivity index (χ0n) is 15.4. The summed E-state index contributed by atoms with van der Waals surface area (Å²) in [7, 11) is 0. The van der Waals surface area contributed by atoms with Crippen LogP contribution in [-0.2, 0) is 0 Å². The smallest absolute Gasteiger partial charge is 0.163 e. The van der Waals surface area contributed by atoms with Crippen LogP contribution >= 0.6 is 23.2 Å². The van der Waals surface area contributed by atoms with Gasteiger partial charge in [-0.1, -0.05) is 23.2 Å². The molecule has 29 heavy (non-hydrogen) atoms. The molecule has 3 aromatic rings. The molecule has 1 aromatic carbocycles. The number of nitrogens with zero attached hydrogens (tertiary/aromatic N) is 5. The zero-order valence-corrected chi connectivity index (χ0v) is 16.9. The van der Waals surface area contributed by atoms with E-state index in [-0.39, 0.29) is 5.69 Å². The first-order valence-corrected chi connectivity index (χ1v) is 9.92. The lowest BCUT2D eigenvalue weighted by Gasteiger charge is -2.11. The fourth-order valence-corrected chi connectivity index (χ4v) is 3.29. The van der Waals surface area contributed by atoms with E-state index in [9.17, 15) is 0 Å². The molecule has 1 aliphatic carbocycles. The second-order valence-electron chi connectivity index (χ2n) is 6.65. The molecule has 4 rings (SSSR count). The number of hydrogen-bond acceptors (Lipinski definition) is 7. The number of rotatable bonds is 7. The van der Waals surface area contributed by atoms with Crippen LogP contribution < -0.4 is 10.6 Å². The van der Waals surface area contributed by atoms with Crippen LogP contribution in [0.1, 0.15) is 30.1 Å². The van der Waals surface area contributed by atoms with E-state index in [0.717, 1.165) is 29.9 Å². The molecule has 0 aliphatic heterocycles. The fraction of sp³-hybridized carbons (Fsp3) is 0.250. The topological polar surface area (TPSA) is 99.4 Å². The third kappa shape index (κ3) is 4.91. The maximum absolute atomic E-state index is 8.76. The molecule has 0 atom stereocenters. The lowest BCUT2D eigenvalue weighted by atomic mass is 10.2. The normalized spacial score (nSPS) is 13.0. The summed E-state index contributed by atoms with van der Waals surface area (Å²) in [6.07, 6.45) is 5.26. The molecule has 0 radical (unpaired) electrons. The molecule has 1 saturated carbocycles. The van der Waals surface area contributed by atoms with Crippen LogP contribution in [0.4, 0.5) is 11.6 Å². The van der Waals surface area contributed by atoms with Gasteiger partial charge in [-0.15, -0.1) is 0 Å². The molecule has 2 aromatic heterocycles. The molecule has 9 heteroatoms. The Morgan fingerprint density at radius 2 is 1.79 bits per heavy atom. The summed E-state index contributed by atoms with van der Waals surface area (Å²) in [6.45, 7) is 1.23. The highest BCUT2D eigenvalue weighted by atomic mass is 35.5. The van der Waals surface area contributed by atoms with Gasteiger partial charge in [0, 0.05) is 41.4 Å². The van der Waals surface area contributed by atoms with Gasteiger partial charge in [0.2, 0.25) is 0 Å². The standard InChI is InChI=1S/C20H17Cl2N7/c21-13-3-4-15(16(22)7-13)20-28-17(12-1-2-12)8-18(29-20)24-5-6-25-19-11-26-14(9-23)10-27-19/h3-4,7-8,10-12H,1-2,5-6H2,(H,25,27)(H,24,28,29). The maximum Gasteiger partial charge on any atom is 0.163 e. The molecule has 0 spiro atoms. The minimum atomic E-state index is 0.288. The molecule has 0 saturated heterocycles. The molecular formula is C20H17Cl2N7. The number of nitrogens with one attached hydrogen (secondary N) is 2. The highest BCUT2D eigenvalue weighted by molar-refractivity contribution is 6.36. The van der Waals surface area contributed by atoms with E-state index in [0.29, 0.717) is 40.7 Å². The van der Waals surface area contributed by atoms with Crippen molar-refractivity contribution in [2.75, 3.05) is 23.7 Å². The molecule has 0 unspecified atom stereocenters. The van der Waals surface area contributed by atoms with Crippen LogP contribution in [0.3, 0.4) is 0 Å². The van der Waals surface area contributed by atoms with E-state index in [4.69, 9.17) is 33.4 Å². The van der Waals surface area contributed by atoms with Gasteiger partial charge in [-0.3, -0.25) is 0 Å². The van der Waals surface area contributed by atoms with Crippen molar-refractivity contribution in [3.8, 4) is 17.5 Å². The quantitative estimate of drug-likeness (QED) is 0.536. The van der Waals surface area contributed by atoms with Crippen LogP contribution in [0.2, 0.25) is 10.0 Å². The lowest BCUT2D eigenvalue weighted by molar-refractivity contribution is 0.977. The molecule has 2 N–H and O–H groups in total. The number of benzene rings is 1. The predicted octanol–water partition coefficient (Wildman–Crippen LogP) is 4.51. The Bertz CT molecular complexity index is 1060. The van der Waals surface area contributed by atoms with Gasteiger partial charge in [0.25, 0.3) is 0 Å². The molecule has 7 nitrogen and oxygen atoms in total. The predicted molar refractivity (Wildman–Crippen MR) is 113 cm³/mol. The zero-order chi connectivity index (χ0) is 20.2. The Morgan fingerprint density at radius 3 is 2.45 bits per heavy atom. The van der Waals surface area contributed by atoms with Crippen LogP contribution in [0.15, 0.2) is 36.7 Å². The first-order chi connectivity index (χ1) is 14.1. The second kappa shape index (κ2) is 8.60. The van der Waals surface area contributed by atoms with Gasteiger partial charge >= 0.3 is 0 Å². The summed E-state index contributed by atoms with van der Waals surface area (Å²) in [5.41, 5.74) is 2.07. The van der Waals surface area contributed by atoms with Gasteiger partial charge in [-0.05, 0) is 31.0 Å².